The summed E-state index contributed by atoms with van der Waals surface area (Å²) in [4.78, 5) is 35.7. The molecule has 0 atom stereocenters. The molecule has 1 saturated carbocycles. The Morgan fingerprint density at radius 3 is 2.04 bits per heavy atom. The van der Waals surface area contributed by atoms with E-state index in [1.54, 1.807) is 36.4 Å². The minimum absolute atomic E-state index is 0.0292. The zero-order valence-corrected chi connectivity index (χ0v) is 14.2. The fourth-order valence-corrected chi connectivity index (χ4v) is 3.01. The molecule has 0 heterocycles. The van der Waals surface area contributed by atoms with Crippen LogP contribution in [-0.4, -0.2) is 22.9 Å². The van der Waals surface area contributed by atoms with Crippen LogP contribution in [0.1, 0.15) is 36.0 Å². The molecule has 1 aliphatic rings. The zero-order valence-electron chi connectivity index (χ0n) is 14.2. The summed E-state index contributed by atoms with van der Waals surface area (Å²) in [5.74, 6) is -1.48. The average Bonchev–Trinajstić information content (AvgIpc) is 2.59. The van der Waals surface area contributed by atoms with Crippen molar-refractivity contribution in [2.45, 2.75) is 25.7 Å². The topological polar surface area (TPSA) is 95.5 Å². The van der Waals surface area contributed by atoms with Gasteiger partial charge in [-0.1, -0.05) is 24.6 Å². The summed E-state index contributed by atoms with van der Waals surface area (Å²) in [5, 5.41) is 14.8. The van der Waals surface area contributed by atoms with E-state index >= 15 is 0 Å². The van der Waals surface area contributed by atoms with E-state index in [1.807, 2.05) is 18.2 Å². The Labute approximate surface area is 151 Å². The smallest absolute Gasteiger partial charge is 0.310 e. The number of carbonyl (C=O) groups is 3. The summed E-state index contributed by atoms with van der Waals surface area (Å²) in [7, 11) is 0. The number of carboxylic acid groups (broad SMARTS) is 1. The van der Waals surface area contributed by atoms with Gasteiger partial charge < -0.3 is 15.7 Å². The van der Waals surface area contributed by atoms with Crippen molar-refractivity contribution < 1.29 is 19.5 Å². The molecule has 3 rings (SSSR count). The van der Waals surface area contributed by atoms with E-state index in [4.69, 9.17) is 0 Å². The Morgan fingerprint density at radius 1 is 0.885 bits per heavy atom. The Bertz CT molecular complexity index is 811. The van der Waals surface area contributed by atoms with Crippen LogP contribution in [0.25, 0.3) is 0 Å². The number of hydrogen-bond donors (Lipinski definition) is 3. The first-order valence-electron chi connectivity index (χ1n) is 8.48. The van der Waals surface area contributed by atoms with E-state index in [2.05, 4.69) is 10.6 Å². The molecule has 0 aliphatic heterocycles. The highest BCUT2D eigenvalue weighted by Crippen LogP contribution is 2.44. The fourth-order valence-electron chi connectivity index (χ4n) is 3.01. The highest BCUT2D eigenvalue weighted by molar-refractivity contribution is 6.04. The maximum absolute atomic E-state index is 12.2. The van der Waals surface area contributed by atoms with Gasteiger partial charge in [0.15, 0.2) is 0 Å². The molecule has 0 aromatic heterocycles. The first-order chi connectivity index (χ1) is 12.5. The Morgan fingerprint density at radius 2 is 1.50 bits per heavy atom. The molecule has 0 radical (unpaired) electrons. The number of anilines is 2. The molecule has 0 bridgehead atoms. The van der Waals surface area contributed by atoms with Crippen LogP contribution in [0.3, 0.4) is 0 Å². The molecular formula is C20H20N2O4. The second-order valence-electron chi connectivity index (χ2n) is 6.56. The van der Waals surface area contributed by atoms with Gasteiger partial charge in [0, 0.05) is 23.4 Å². The van der Waals surface area contributed by atoms with Gasteiger partial charge in [-0.3, -0.25) is 14.4 Å². The average molecular weight is 352 g/mol. The molecule has 6 nitrogen and oxygen atoms in total. The van der Waals surface area contributed by atoms with Gasteiger partial charge in [-0.05, 0) is 49.2 Å². The third kappa shape index (κ3) is 3.91. The lowest BCUT2D eigenvalue weighted by Crippen LogP contribution is -2.41. The van der Waals surface area contributed by atoms with Gasteiger partial charge in [0.2, 0.25) is 5.91 Å². The van der Waals surface area contributed by atoms with Crippen molar-refractivity contribution in [3.8, 4) is 0 Å². The highest BCUT2D eigenvalue weighted by Gasteiger charge is 2.45. The number of amides is 2. The van der Waals surface area contributed by atoms with Crippen molar-refractivity contribution in [3.63, 3.8) is 0 Å². The normalized spacial score (nSPS) is 14.8. The summed E-state index contributed by atoms with van der Waals surface area (Å²) < 4.78 is 0. The van der Waals surface area contributed by atoms with Crippen LogP contribution in [0.15, 0.2) is 54.6 Å². The minimum Gasteiger partial charge on any atom is -0.481 e. The van der Waals surface area contributed by atoms with Crippen LogP contribution >= 0.6 is 0 Å². The molecule has 0 spiro atoms. The van der Waals surface area contributed by atoms with Crippen molar-refractivity contribution in [3.05, 3.63) is 60.2 Å². The summed E-state index contributed by atoms with van der Waals surface area (Å²) in [5.41, 5.74) is 0.785. The molecule has 2 aromatic carbocycles. The van der Waals surface area contributed by atoms with E-state index in [1.165, 1.54) is 0 Å². The summed E-state index contributed by atoms with van der Waals surface area (Å²) >= 11 is 0. The van der Waals surface area contributed by atoms with Crippen molar-refractivity contribution >= 4 is 29.2 Å². The maximum Gasteiger partial charge on any atom is 0.310 e. The summed E-state index contributed by atoms with van der Waals surface area (Å²) in [6.07, 6.45) is 1.88. The number of aliphatic carboxylic acids is 1. The Hall–Kier alpha value is -3.15. The Balaban J connectivity index is 1.58. The van der Waals surface area contributed by atoms with Gasteiger partial charge in [0.05, 0.1) is 5.41 Å². The number of nitrogens with one attached hydrogen (secondary N) is 2. The van der Waals surface area contributed by atoms with Crippen LogP contribution in [0.5, 0.6) is 0 Å². The lowest BCUT2D eigenvalue weighted by atomic mass is 9.66. The predicted octanol–water partition coefficient (Wildman–Crippen LogP) is 3.52. The van der Waals surface area contributed by atoms with Gasteiger partial charge in [0.1, 0.15) is 0 Å². The quantitative estimate of drug-likeness (QED) is 0.741. The maximum atomic E-state index is 12.2. The third-order valence-corrected chi connectivity index (χ3v) is 4.73. The number of rotatable bonds is 6. The SMILES string of the molecule is O=C(CC1(C(=O)O)CCC1)Nc1ccc(C(=O)Nc2ccccc2)cc1. The molecule has 26 heavy (non-hydrogen) atoms. The van der Waals surface area contributed by atoms with Crippen LogP contribution in [0, 0.1) is 5.41 Å². The summed E-state index contributed by atoms with van der Waals surface area (Å²) in [6, 6.07) is 15.6. The molecule has 2 aromatic rings. The largest absolute Gasteiger partial charge is 0.481 e. The van der Waals surface area contributed by atoms with Crippen molar-refractivity contribution in [1.82, 2.24) is 0 Å². The van der Waals surface area contributed by atoms with Crippen LogP contribution in [-0.2, 0) is 9.59 Å². The molecule has 1 aliphatic carbocycles. The predicted molar refractivity (Wildman–Crippen MR) is 98.0 cm³/mol. The zero-order chi connectivity index (χ0) is 18.6. The number of hydrogen-bond acceptors (Lipinski definition) is 3. The van der Waals surface area contributed by atoms with E-state index in [0.717, 1.165) is 6.42 Å². The molecular weight excluding hydrogens is 332 g/mol. The Kier molecular flexibility index (Phi) is 5.02. The lowest BCUT2D eigenvalue weighted by molar-refractivity contribution is -0.157. The standard InChI is InChI=1S/C20H20N2O4/c23-17(13-20(19(25)26)11-4-12-20)21-16-9-7-14(8-10-16)18(24)22-15-5-2-1-3-6-15/h1-3,5-10H,4,11-13H2,(H,21,23)(H,22,24)(H,25,26). The molecule has 134 valence electrons. The van der Waals surface area contributed by atoms with Gasteiger partial charge >= 0.3 is 5.97 Å². The summed E-state index contributed by atoms with van der Waals surface area (Å²) in [6.45, 7) is 0. The van der Waals surface area contributed by atoms with Gasteiger partial charge in [-0.15, -0.1) is 0 Å². The number of benzene rings is 2. The van der Waals surface area contributed by atoms with Crippen molar-refractivity contribution in [2.75, 3.05) is 10.6 Å². The number of carbonyl (C=O) groups excluding carboxylic acids is 2. The van der Waals surface area contributed by atoms with E-state index in [-0.39, 0.29) is 18.2 Å². The lowest BCUT2D eigenvalue weighted by Gasteiger charge is -2.36. The first kappa shape index (κ1) is 17.7. The number of carboxylic acids is 1. The van der Waals surface area contributed by atoms with Crippen LogP contribution in [0.4, 0.5) is 11.4 Å². The van der Waals surface area contributed by atoms with Crippen LogP contribution in [0.2, 0.25) is 0 Å². The second-order valence-corrected chi connectivity index (χ2v) is 6.56. The molecule has 0 unspecified atom stereocenters. The van der Waals surface area contributed by atoms with Crippen LogP contribution < -0.4 is 10.6 Å². The van der Waals surface area contributed by atoms with Crippen molar-refractivity contribution in [1.29, 1.82) is 0 Å². The third-order valence-electron chi connectivity index (χ3n) is 4.73. The minimum atomic E-state index is -0.917. The van der Waals surface area contributed by atoms with Gasteiger partial charge in [-0.2, -0.15) is 0 Å². The van der Waals surface area contributed by atoms with Crippen molar-refractivity contribution in [2.24, 2.45) is 5.41 Å². The fraction of sp³-hybridized carbons (Fsp3) is 0.250. The highest BCUT2D eigenvalue weighted by atomic mass is 16.4. The molecule has 2 amide bonds. The van der Waals surface area contributed by atoms with Gasteiger partial charge in [-0.25, -0.2) is 0 Å². The second kappa shape index (κ2) is 7.39. The monoisotopic (exact) mass is 352 g/mol. The molecule has 0 saturated heterocycles. The molecule has 6 heteroatoms. The van der Waals surface area contributed by atoms with Gasteiger partial charge in [0.25, 0.3) is 5.91 Å². The molecule has 3 N–H and O–H groups in total. The van der Waals surface area contributed by atoms with E-state index < -0.39 is 11.4 Å². The molecule has 1 fully saturated rings. The first-order valence-corrected chi connectivity index (χ1v) is 8.48. The van der Waals surface area contributed by atoms with E-state index in [0.29, 0.717) is 29.8 Å². The van der Waals surface area contributed by atoms with E-state index in [9.17, 15) is 19.5 Å². The number of para-hydroxylation sites is 1.